The summed E-state index contributed by atoms with van der Waals surface area (Å²) < 4.78 is 4.03. The molecule has 0 bridgehead atoms. The summed E-state index contributed by atoms with van der Waals surface area (Å²) in [7, 11) is 0. The van der Waals surface area contributed by atoms with Crippen molar-refractivity contribution in [3.63, 3.8) is 0 Å². The van der Waals surface area contributed by atoms with Crippen molar-refractivity contribution < 1.29 is 9.59 Å². The highest BCUT2D eigenvalue weighted by atomic mass is 16.2. The van der Waals surface area contributed by atoms with Gasteiger partial charge in [-0.1, -0.05) is 25.5 Å². The SMILES string of the molecule is CCCCc1nc2ccccc2n1CC(=O)NNC(=O)c1cc(C)n(C(C)C)c1C. The van der Waals surface area contributed by atoms with Crippen LogP contribution in [0, 0.1) is 13.8 Å². The average molecular weight is 410 g/mol. The molecule has 7 heteroatoms. The van der Waals surface area contributed by atoms with E-state index in [4.69, 9.17) is 0 Å². The van der Waals surface area contributed by atoms with Crippen LogP contribution in [0.25, 0.3) is 11.0 Å². The van der Waals surface area contributed by atoms with E-state index in [9.17, 15) is 9.59 Å². The number of nitrogens with zero attached hydrogens (tertiary/aromatic N) is 3. The quantitative estimate of drug-likeness (QED) is 0.582. The molecule has 0 saturated carbocycles. The second kappa shape index (κ2) is 9.15. The first-order valence-electron chi connectivity index (χ1n) is 10.5. The summed E-state index contributed by atoms with van der Waals surface area (Å²) in [6.07, 6.45) is 2.87. The van der Waals surface area contributed by atoms with E-state index < -0.39 is 0 Å². The molecule has 0 fully saturated rings. The largest absolute Gasteiger partial charge is 0.346 e. The van der Waals surface area contributed by atoms with E-state index in [1.165, 1.54) is 0 Å². The summed E-state index contributed by atoms with van der Waals surface area (Å²) in [5.74, 6) is 0.284. The molecule has 160 valence electrons. The number of unbranched alkanes of at least 4 members (excludes halogenated alkanes) is 1. The predicted molar refractivity (Wildman–Crippen MR) is 118 cm³/mol. The fourth-order valence-corrected chi connectivity index (χ4v) is 4.01. The highest BCUT2D eigenvalue weighted by Crippen LogP contribution is 2.20. The van der Waals surface area contributed by atoms with E-state index >= 15 is 0 Å². The molecule has 0 unspecified atom stereocenters. The van der Waals surface area contributed by atoms with Crippen LogP contribution < -0.4 is 10.9 Å². The normalized spacial score (nSPS) is 11.3. The summed E-state index contributed by atoms with van der Waals surface area (Å²) in [6, 6.07) is 9.90. The van der Waals surface area contributed by atoms with Gasteiger partial charge in [0, 0.05) is 23.9 Å². The number of amides is 2. The van der Waals surface area contributed by atoms with Gasteiger partial charge in [0.1, 0.15) is 12.4 Å². The van der Waals surface area contributed by atoms with E-state index in [0.717, 1.165) is 47.5 Å². The first-order valence-corrected chi connectivity index (χ1v) is 10.5. The van der Waals surface area contributed by atoms with Crippen molar-refractivity contribution in [2.45, 2.75) is 66.5 Å². The zero-order valence-electron chi connectivity index (χ0n) is 18.5. The third-order valence-electron chi connectivity index (χ3n) is 5.35. The van der Waals surface area contributed by atoms with Crippen molar-refractivity contribution in [1.82, 2.24) is 25.0 Å². The Morgan fingerprint density at radius 2 is 1.87 bits per heavy atom. The molecule has 0 spiro atoms. The molecule has 2 amide bonds. The maximum Gasteiger partial charge on any atom is 0.271 e. The van der Waals surface area contributed by atoms with Gasteiger partial charge in [0.25, 0.3) is 11.8 Å². The van der Waals surface area contributed by atoms with Gasteiger partial charge in [-0.25, -0.2) is 4.98 Å². The van der Waals surface area contributed by atoms with Gasteiger partial charge in [-0.05, 0) is 52.3 Å². The predicted octanol–water partition coefficient (Wildman–Crippen LogP) is 3.84. The first-order chi connectivity index (χ1) is 14.3. The zero-order chi connectivity index (χ0) is 21.8. The van der Waals surface area contributed by atoms with Crippen LogP contribution >= 0.6 is 0 Å². The van der Waals surface area contributed by atoms with Crippen molar-refractivity contribution in [1.29, 1.82) is 0 Å². The third kappa shape index (κ3) is 4.40. The van der Waals surface area contributed by atoms with E-state index in [2.05, 4.69) is 41.2 Å². The number of carbonyl (C=O) groups is 2. The van der Waals surface area contributed by atoms with Gasteiger partial charge < -0.3 is 9.13 Å². The lowest BCUT2D eigenvalue weighted by molar-refractivity contribution is -0.122. The van der Waals surface area contributed by atoms with Gasteiger partial charge in [0.2, 0.25) is 0 Å². The highest BCUT2D eigenvalue weighted by Gasteiger charge is 2.18. The fourth-order valence-electron chi connectivity index (χ4n) is 4.01. The van der Waals surface area contributed by atoms with E-state index in [1.54, 1.807) is 0 Å². The first kappa shape index (κ1) is 21.6. The fraction of sp³-hybridized carbons (Fsp3) is 0.435. The molecule has 2 aromatic heterocycles. The number of benzene rings is 1. The monoisotopic (exact) mass is 409 g/mol. The lowest BCUT2D eigenvalue weighted by Crippen LogP contribution is -2.43. The molecule has 0 saturated heterocycles. The van der Waals surface area contributed by atoms with Gasteiger partial charge in [0.05, 0.1) is 16.6 Å². The molecule has 3 aromatic rings. The average Bonchev–Trinajstić information content (AvgIpc) is 3.21. The van der Waals surface area contributed by atoms with Gasteiger partial charge in [0.15, 0.2) is 0 Å². The van der Waals surface area contributed by atoms with Crippen molar-refractivity contribution in [2.24, 2.45) is 0 Å². The van der Waals surface area contributed by atoms with Crippen molar-refractivity contribution in [2.75, 3.05) is 0 Å². The molecule has 3 rings (SSSR count). The summed E-state index contributed by atoms with van der Waals surface area (Å²) in [5.41, 5.74) is 9.38. The lowest BCUT2D eigenvalue weighted by Gasteiger charge is -2.14. The Hall–Kier alpha value is -3.09. The molecular formula is C23H31N5O2. The van der Waals surface area contributed by atoms with Gasteiger partial charge in [-0.3, -0.25) is 20.4 Å². The maximum atomic E-state index is 12.6. The highest BCUT2D eigenvalue weighted by molar-refractivity contribution is 5.96. The number of fused-ring (bicyclic) bond motifs is 1. The van der Waals surface area contributed by atoms with Crippen LogP contribution in [0.5, 0.6) is 0 Å². The molecular weight excluding hydrogens is 378 g/mol. The van der Waals surface area contributed by atoms with Crippen LogP contribution in [0.3, 0.4) is 0 Å². The van der Waals surface area contributed by atoms with Crippen LogP contribution in [0.15, 0.2) is 30.3 Å². The minimum atomic E-state index is -0.315. The number of hydrazine groups is 1. The Morgan fingerprint density at radius 1 is 1.13 bits per heavy atom. The zero-order valence-corrected chi connectivity index (χ0v) is 18.5. The molecule has 2 N–H and O–H groups in total. The summed E-state index contributed by atoms with van der Waals surface area (Å²) in [6.45, 7) is 10.3. The third-order valence-corrected chi connectivity index (χ3v) is 5.35. The minimum absolute atomic E-state index is 0.102. The number of hydrogen-bond donors (Lipinski definition) is 2. The van der Waals surface area contributed by atoms with Gasteiger partial charge in [-0.15, -0.1) is 0 Å². The van der Waals surface area contributed by atoms with Crippen LogP contribution in [0.2, 0.25) is 0 Å². The molecule has 0 radical (unpaired) electrons. The number of rotatable bonds is 7. The standard InChI is InChI=1S/C23H31N5O2/c1-6-7-12-21-24-19-10-8-9-11-20(19)27(21)14-22(29)25-26-23(30)18-13-16(4)28(15(2)3)17(18)5/h8-11,13,15H,6-7,12,14H2,1-5H3,(H,25,29)(H,26,30). The van der Waals surface area contributed by atoms with Gasteiger partial charge >= 0.3 is 0 Å². The molecule has 0 aliphatic carbocycles. The van der Waals surface area contributed by atoms with Crippen molar-refractivity contribution in [3.8, 4) is 0 Å². The number of imidazole rings is 1. The number of nitrogens with one attached hydrogen (secondary N) is 2. The van der Waals surface area contributed by atoms with E-state index in [0.29, 0.717) is 5.56 Å². The number of carbonyl (C=O) groups excluding carboxylic acids is 2. The molecule has 30 heavy (non-hydrogen) atoms. The minimum Gasteiger partial charge on any atom is -0.346 e. The Morgan fingerprint density at radius 3 is 2.53 bits per heavy atom. The molecule has 1 aromatic carbocycles. The van der Waals surface area contributed by atoms with Crippen LogP contribution in [0.4, 0.5) is 0 Å². The summed E-state index contributed by atoms with van der Waals surface area (Å²) in [5, 5.41) is 0. The lowest BCUT2D eigenvalue weighted by atomic mass is 10.2. The molecule has 0 atom stereocenters. The number of aryl methyl sites for hydroxylation is 2. The second-order valence-electron chi connectivity index (χ2n) is 7.96. The number of para-hydroxylation sites is 2. The molecule has 2 heterocycles. The molecule has 0 aliphatic heterocycles. The smallest absolute Gasteiger partial charge is 0.271 e. The van der Waals surface area contributed by atoms with Crippen molar-refractivity contribution >= 4 is 22.8 Å². The summed E-state index contributed by atoms with van der Waals surface area (Å²) >= 11 is 0. The Kier molecular flexibility index (Phi) is 6.59. The van der Waals surface area contributed by atoms with Crippen LogP contribution in [0.1, 0.15) is 67.2 Å². The topological polar surface area (TPSA) is 81.0 Å². The number of aromatic nitrogens is 3. The Bertz CT molecular complexity index is 1060. The Labute approximate surface area is 177 Å². The van der Waals surface area contributed by atoms with Crippen LogP contribution in [-0.2, 0) is 17.8 Å². The van der Waals surface area contributed by atoms with Crippen LogP contribution in [-0.4, -0.2) is 25.9 Å². The van der Waals surface area contributed by atoms with Gasteiger partial charge in [-0.2, -0.15) is 0 Å². The summed E-state index contributed by atoms with van der Waals surface area (Å²) in [4.78, 5) is 29.9. The Balaban J connectivity index is 1.71. The van der Waals surface area contributed by atoms with Crippen molar-refractivity contribution in [3.05, 3.63) is 53.1 Å². The molecule has 0 aliphatic rings. The maximum absolute atomic E-state index is 12.6. The van der Waals surface area contributed by atoms with E-state index in [-0.39, 0.29) is 24.4 Å². The molecule has 7 nitrogen and oxygen atoms in total. The second-order valence-corrected chi connectivity index (χ2v) is 7.96. The number of hydrogen-bond acceptors (Lipinski definition) is 3. The van der Waals surface area contributed by atoms with E-state index in [1.807, 2.05) is 48.7 Å².